The molecule has 25 heavy (non-hydrogen) atoms. The normalized spacial score (nSPS) is 12.0. The Labute approximate surface area is 160 Å². The first-order chi connectivity index (χ1) is 11.3. The van der Waals surface area contributed by atoms with Crippen molar-refractivity contribution in [3.63, 3.8) is 0 Å². The molecule has 0 atom stereocenters. The Morgan fingerprint density at radius 1 is 0.880 bits per heavy atom. The van der Waals surface area contributed by atoms with Gasteiger partial charge in [-0.1, -0.05) is 71.2 Å². The zero-order chi connectivity index (χ0) is 19.4. The van der Waals surface area contributed by atoms with Gasteiger partial charge in [0.1, 0.15) is 0 Å². The minimum absolute atomic E-state index is 0.0821. The second-order valence-electron chi connectivity index (χ2n) is 8.34. The first-order valence-corrected chi connectivity index (χ1v) is 9.17. The third kappa shape index (κ3) is 7.66. The van der Waals surface area contributed by atoms with Crippen molar-refractivity contribution in [2.45, 2.75) is 60.8 Å². The standard InChI is InChI=1S/C19H28Cl2N2O2/c1-7-19(5,6)11-17(25)23-15-9-12(20)14(8-13(15)21)22-16(24)10-18(2,3)4/h8-9H,7,10-11H2,1-6H3,(H,22,24)(H,23,25). The molecule has 1 rings (SSSR count). The molecule has 2 N–H and O–H groups in total. The van der Waals surface area contributed by atoms with Crippen molar-refractivity contribution in [1.29, 1.82) is 0 Å². The number of hydrogen-bond acceptors (Lipinski definition) is 2. The van der Waals surface area contributed by atoms with Gasteiger partial charge in [0.2, 0.25) is 11.8 Å². The summed E-state index contributed by atoms with van der Waals surface area (Å²) in [5.41, 5.74) is 0.673. The molecule has 0 aliphatic carbocycles. The largest absolute Gasteiger partial charge is 0.325 e. The van der Waals surface area contributed by atoms with Crippen LogP contribution in [0.15, 0.2) is 12.1 Å². The van der Waals surface area contributed by atoms with Crippen LogP contribution >= 0.6 is 23.2 Å². The number of nitrogens with one attached hydrogen (secondary N) is 2. The van der Waals surface area contributed by atoms with Crippen molar-refractivity contribution in [3.05, 3.63) is 22.2 Å². The van der Waals surface area contributed by atoms with E-state index in [1.54, 1.807) is 12.1 Å². The first kappa shape index (κ1) is 21.8. The maximum absolute atomic E-state index is 12.2. The van der Waals surface area contributed by atoms with Crippen LogP contribution in [0.5, 0.6) is 0 Å². The van der Waals surface area contributed by atoms with E-state index in [9.17, 15) is 9.59 Å². The van der Waals surface area contributed by atoms with Crippen molar-refractivity contribution < 1.29 is 9.59 Å². The van der Waals surface area contributed by atoms with E-state index in [4.69, 9.17) is 23.2 Å². The molecule has 0 aliphatic heterocycles. The highest BCUT2D eigenvalue weighted by Gasteiger charge is 2.21. The Morgan fingerprint density at radius 2 is 1.28 bits per heavy atom. The van der Waals surface area contributed by atoms with Gasteiger partial charge in [-0.05, 0) is 23.0 Å². The zero-order valence-corrected chi connectivity index (χ0v) is 17.4. The van der Waals surface area contributed by atoms with Crippen LogP contribution in [0.1, 0.15) is 60.8 Å². The van der Waals surface area contributed by atoms with Gasteiger partial charge in [0.15, 0.2) is 0 Å². The van der Waals surface area contributed by atoms with Crippen molar-refractivity contribution in [2.75, 3.05) is 10.6 Å². The molecule has 2 amide bonds. The van der Waals surface area contributed by atoms with Gasteiger partial charge in [-0.2, -0.15) is 0 Å². The van der Waals surface area contributed by atoms with Gasteiger partial charge in [0.05, 0.1) is 21.4 Å². The maximum atomic E-state index is 12.2. The highest BCUT2D eigenvalue weighted by Crippen LogP contribution is 2.34. The topological polar surface area (TPSA) is 58.2 Å². The molecule has 0 unspecified atom stereocenters. The van der Waals surface area contributed by atoms with Gasteiger partial charge in [0, 0.05) is 12.8 Å². The number of rotatable bonds is 6. The molecule has 0 aliphatic rings. The van der Waals surface area contributed by atoms with Gasteiger partial charge in [0.25, 0.3) is 0 Å². The van der Waals surface area contributed by atoms with Gasteiger partial charge < -0.3 is 10.6 Å². The van der Waals surface area contributed by atoms with Crippen LogP contribution in [0.4, 0.5) is 11.4 Å². The van der Waals surface area contributed by atoms with Crippen molar-refractivity contribution >= 4 is 46.4 Å². The van der Waals surface area contributed by atoms with Crippen LogP contribution in [0.2, 0.25) is 10.0 Å². The molecule has 0 fully saturated rings. The fourth-order valence-corrected chi connectivity index (χ4v) is 2.59. The molecule has 0 radical (unpaired) electrons. The van der Waals surface area contributed by atoms with E-state index < -0.39 is 0 Å². The minimum atomic E-state index is -0.132. The number of anilines is 2. The molecule has 0 saturated heterocycles. The predicted octanol–water partition coefficient (Wildman–Crippen LogP) is 6.13. The van der Waals surface area contributed by atoms with E-state index in [-0.39, 0.29) is 22.6 Å². The molecule has 6 heteroatoms. The quantitative estimate of drug-likeness (QED) is 0.617. The Balaban J connectivity index is 2.86. The summed E-state index contributed by atoms with van der Waals surface area (Å²) < 4.78 is 0. The Hall–Kier alpha value is -1.26. The summed E-state index contributed by atoms with van der Waals surface area (Å²) in [6.07, 6.45) is 1.65. The van der Waals surface area contributed by atoms with Crippen LogP contribution in [0, 0.1) is 10.8 Å². The Morgan fingerprint density at radius 3 is 1.64 bits per heavy atom. The van der Waals surface area contributed by atoms with Crippen molar-refractivity contribution in [3.8, 4) is 0 Å². The average Bonchev–Trinajstić information content (AvgIpc) is 2.41. The second kappa shape index (κ2) is 8.41. The highest BCUT2D eigenvalue weighted by molar-refractivity contribution is 6.38. The summed E-state index contributed by atoms with van der Waals surface area (Å²) in [5, 5.41) is 6.22. The number of carbonyl (C=O) groups is 2. The predicted molar refractivity (Wildman–Crippen MR) is 106 cm³/mol. The molecule has 0 spiro atoms. The summed E-state index contributed by atoms with van der Waals surface area (Å²) >= 11 is 12.5. The molecule has 1 aromatic rings. The number of hydrogen-bond donors (Lipinski definition) is 2. The van der Waals surface area contributed by atoms with Crippen molar-refractivity contribution in [1.82, 2.24) is 0 Å². The number of amides is 2. The summed E-state index contributed by atoms with van der Waals surface area (Å²) in [6, 6.07) is 3.12. The van der Waals surface area contributed by atoms with Gasteiger partial charge >= 0.3 is 0 Å². The summed E-state index contributed by atoms with van der Waals surface area (Å²) in [7, 11) is 0. The van der Waals surface area contributed by atoms with Gasteiger partial charge in [-0.25, -0.2) is 0 Å². The summed E-state index contributed by atoms with van der Waals surface area (Å²) in [5.74, 6) is -0.249. The molecule has 0 bridgehead atoms. The highest BCUT2D eigenvalue weighted by atomic mass is 35.5. The monoisotopic (exact) mass is 386 g/mol. The summed E-state index contributed by atoms with van der Waals surface area (Å²) in [4.78, 5) is 24.2. The molecule has 0 saturated carbocycles. The third-order valence-corrected chi connectivity index (χ3v) is 4.52. The minimum Gasteiger partial charge on any atom is -0.325 e. The molecule has 140 valence electrons. The molecule has 0 aromatic heterocycles. The zero-order valence-electron chi connectivity index (χ0n) is 15.8. The molecule has 0 heterocycles. The van der Waals surface area contributed by atoms with E-state index in [1.807, 2.05) is 41.5 Å². The fraction of sp³-hybridized carbons (Fsp3) is 0.579. The van der Waals surface area contributed by atoms with Crippen molar-refractivity contribution in [2.24, 2.45) is 10.8 Å². The second-order valence-corrected chi connectivity index (χ2v) is 9.15. The van der Waals surface area contributed by atoms with E-state index >= 15 is 0 Å². The number of carbonyl (C=O) groups excluding carboxylic acids is 2. The Bertz CT molecular complexity index is 650. The van der Waals surface area contributed by atoms with Crippen LogP contribution in [0.3, 0.4) is 0 Å². The number of benzene rings is 1. The first-order valence-electron chi connectivity index (χ1n) is 8.42. The lowest BCUT2D eigenvalue weighted by molar-refractivity contribution is -0.118. The van der Waals surface area contributed by atoms with E-state index in [0.717, 1.165) is 6.42 Å². The van der Waals surface area contributed by atoms with E-state index in [0.29, 0.717) is 34.3 Å². The van der Waals surface area contributed by atoms with Gasteiger partial charge in [-0.3, -0.25) is 9.59 Å². The smallest absolute Gasteiger partial charge is 0.224 e. The van der Waals surface area contributed by atoms with Crippen LogP contribution in [-0.4, -0.2) is 11.8 Å². The third-order valence-electron chi connectivity index (χ3n) is 3.89. The lowest BCUT2D eigenvalue weighted by atomic mass is 9.86. The number of halogens is 2. The fourth-order valence-electron chi connectivity index (χ4n) is 2.17. The molecular formula is C19H28Cl2N2O2. The maximum Gasteiger partial charge on any atom is 0.224 e. The Kier molecular flexibility index (Phi) is 7.33. The lowest BCUT2D eigenvalue weighted by Gasteiger charge is -2.22. The average molecular weight is 387 g/mol. The van der Waals surface area contributed by atoms with Crippen LogP contribution in [0.25, 0.3) is 0 Å². The summed E-state index contributed by atoms with van der Waals surface area (Å²) in [6.45, 7) is 12.1. The van der Waals surface area contributed by atoms with Crippen LogP contribution in [-0.2, 0) is 9.59 Å². The van der Waals surface area contributed by atoms with Gasteiger partial charge in [-0.15, -0.1) is 0 Å². The lowest BCUT2D eigenvalue weighted by Crippen LogP contribution is -2.22. The van der Waals surface area contributed by atoms with Crippen LogP contribution < -0.4 is 10.6 Å². The molecule has 4 nitrogen and oxygen atoms in total. The SMILES string of the molecule is CCC(C)(C)CC(=O)Nc1cc(Cl)c(NC(=O)CC(C)(C)C)cc1Cl. The van der Waals surface area contributed by atoms with E-state index in [1.165, 1.54) is 0 Å². The molecular weight excluding hydrogens is 359 g/mol. The van der Waals surface area contributed by atoms with E-state index in [2.05, 4.69) is 10.6 Å². The molecule has 1 aromatic carbocycles.